The second-order valence-electron chi connectivity index (χ2n) is 4.89. The number of aryl methyl sites for hydroxylation is 1. The first-order chi connectivity index (χ1) is 9.72. The maximum atomic E-state index is 10.8. The molecule has 108 valence electrons. The molecule has 0 saturated carbocycles. The number of thiol groups is 1. The largest absolute Gasteiger partial charge is 0.384 e. The summed E-state index contributed by atoms with van der Waals surface area (Å²) in [5.74, 6) is 0.411. The normalized spacial score (nSPS) is 11.1. The van der Waals surface area contributed by atoms with Crippen LogP contribution in [0.3, 0.4) is 0 Å². The van der Waals surface area contributed by atoms with Crippen LogP contribution >= 0.6 is 0 Å². The number of hydrogen-bond acceptors (Lipinski definition) is 3. The molecule has 0 atom stereocenters. The molecule has 0 amide bonds. The minimum atomic E-state index is -2.88. The fourth-order valence-electron chi connectivity index (χ4n) is 2.45. The van der Waals surface area contributed by atoms with E-state index in [-0.39, 0.29) is 0 Å². The highest BCUT2D eigenvalue weighted by molar-refractivity contribution is 7.67. The number of unbranched alkanes of at least 4 members (excludes halogenated alkanes) is 3. The van der Waals surface area contributed by atoms with Crippen LogP contribution in [0, 0.1) is 0 Å². The highest BCUT2D eigenvalue weighted by Crippen LogP contribution is 2.29. The Morgan fingerprint density at radius 2 is 1.70 bits per heavy atom. The molecule has 0 bridgehead atoms. The maximum Gasteiger partial charge on any atom is 0.299 e. The molecule has 0 N–H and O–H groups in total. The van der Waals surface area contributed by atoms with Gasteiger partial charge >= 0.3 is 0 Å². The zero-order chi connectivity index (χ0) is 14.4. The van der Waals surface area contributed by atoms with Gasteiger partial charge in [0.25, 0.3) is 11.0 Å². The molecule has 0 aliphatic carbocycles. The van der Waals surface area contributed by atoms with Crippen molar-refractivity contribution in [3.05, 3.63) is 42.0 Å². The van der Waals surface area contributed by atoms with Crippen LogP contribution < -0.4 is 4.18 Å². The van der Waals surface area contributed by atoms with Crippen LogP contribution in [0.15, 0.2) is 36.4 Å². The lowest BCUT2D eigenvalue weighted by atomic mass is 9.99. The van der Waals surface area contributed by atoms with Crippen molar-refractivity contribution in [2.24, 2.45) is 0 Å². The third-order valence-corrected chi connectivity index (χ3v) is 3.79. The van der Waals surface area contributed by atoms with E-state index in [1.165, 1.54) is 24.8 Å². The summed E-state index contributed by atoms with van der Waals surface area (Å²) in [6.45, 7) is 2.20. The predicted molar refractivity (Wildman–Crippen MR) is 82.7 cm³/mol. The van der Waals surface area contributed by atoms with Crippen molar-refractivity contribution < 1.29 is 12.6 Å². The number of benzene rings is 2. The molecule has 2 aromatic rings. The molecular formula is C16H20O3S. The number of fused-ring (bicyclic) bond motifs is 1. The average Bonchev–Trinajstić information content (AvgIpc) is 2.45. The third kappa shape index (κ3) is 3.73. The van der Waals surface area contributed by atoms with Crippen LogP contribution in [0.25, 0.3) is 10.8 Å². The van der Waals surface area contributed by atoms with Crippen molar-refractivity contribution in [1.29, 1.82) is 0 Å². The molecule has 0 saturated heterocycles. The van der Waals surface area contributed by atoms with Crippen LogP contribution in [0.2, 0.25) is 0 Å². The summed E-state index contributed by atoms with van der Waals surface area (Å²) in [5, 5.41) is 1.94. The summed E-state index contributed by atoms with van der Waals surface area (Å²) in [6, 6.07) is 11.5. The van der Waals surface area contributed by atoms with Gasteiger partial charge in [-0.2, -0.15) is 8.42 Å². The van der Waals surface area contributed by atoms with Gasteiger partial charge in [-0.3, -0.25) is 0 Å². The number of rotatable bonds is 7. The fraction of sp³-hybridized carbons (Fsp3) is 0.375. The monoisotopic (exact) mass is 292 g/mol. The molecule has 0 aromatic heterocycles. The van der Waals surface area contributed by atoms with E-state index in [0.29, 0.717) is 5.75 Å². The van der Waals surface area contributed by atoms with E-state index in [4.69, 9.17) is 4.18 Å². The highest BCUT2D eigenvalue weighted by atomic mass is 32.2. The van der Waals surface area contributed by atoms with Gasteiger partial charge < -0.3 is 4.18 Å². The van der Waals surface area contributed by atoms with Gasteiger partial charge in [-0.05, 0) is 29.9 Å². The van der Waals surface area contributed by atoms with Gasteiger partial charge in [0.05, 0.1) is 0 Å². The first-order valence-corrected chi connectivity index (χ1v) is 8.15. The Morgan fingerprint density at radius 3 is 2.40 bits per heavy atom. The highest BCUT2D eigenvalue weighted by Gasteiger charge is 2.07. The van der Waals surface area contributed by atoms with E-state index in [1.54, 1.807) is 6.07 Å². The smallest absolute Gasteiger partial charge is 0.299 e. The Kier molecular flexibility index (Phi) is 5.41. The van der Waals surface area contributed by atoms with Crippen LogP contribution in [0.5, 0.6) is 5.75 Å². The Balaban J connectivity index is 2.28. The van der Waals surface area contributed by atoms with Crippen molar-refractivity contribution in [2.75, 3.05) is 0 Å². The van der Waals surface area contributed by atoms with Crippen LogP contribution in [0.1, 0.15) is 38.2 Å². The molecule has 4 heteroatoms. The lowest BCUT2D eigenvalue weighted by Gasteiger charge is -2.09. The number of hydrogen-bond donors (Lipinski definition) is 1. The van der Waals surface area contributed by atoms with Crippen LogP contribution in [-0.4, -0.2) is 8.42 Å². The van der Waals surface area contributed by atoms with Gasteiger partial charge in [0.15, 0.2) is 0 Å². The molecule has 0 aliphatic heterocycles. The van der Waals surface area contributed by atoms with Gasteiger partial charge in [-0.15, -0.1) is 0 Å². The molecule has 2 rings (SSSR count). The molecule has 0 fully saturated rings. The Labute approximate surface area is 121 Å². The van der Waals surface area contributed by atoms with Crippen molar-refractivity contribution in [3.8, 4) is 5.75 Å². The van der Waals surface area contributed by atoms with E-state index in [2.05, 4.69) is 6.92 Å². The second kappa shape index (κ2) is 7.29. The van der Waals surface area contributed by atoms with E-state index in [0.717, 1.165) is 23.6 Å². The lowest BCUT2D eigenvalue weighted by molar-refractivity contribution is 0.513. The molecule has 0 aliphatic rings. The topological polar surface area (TPSA) is 43.4 Å². The minimum absolute atomic E-state index is 0.411. The fourth-order valence-corrected chi connectivity index (χ4v) is 2.77. The van der Waals surface area contributed by atoms with Crippen molar-refractivity contribution in [2.45, 2.75) is 39.0 Å². The first kappa shape index (κ1) is 14.9. The predicted octanol–water partition coefficient (Wildman–Crippen LogP) is 3.87. The van der Waals surface area contributed by atoms with Crippen LogP contribution in [0.4, 0.5) is 0 Å². The molecule has 2 aromatic carbocycles. The van der Waals surface area contributed by atoms with Crippen molar-refractivity contribution >= 4 is 21.8 Å². The molecule has 0 heterocycles. The summed E-state index contributed by atoms with van der Waals surface area (Å²) in [6.07, 6.45) is 5.90. The van der Waals surface area contributed by atoms with Gasteiger partial charge in [-0.1, -0.05) is 56.5 Å². The zero-order valence-corrected chi connectivity index (χ0v) is 12.6. The first-order valence-electron chi connectivity index (χ1n) is 7.05. The quantitative estimate of drug-likeness (QED) is 0.622. The van der Waals surface area contributed by atoms with Crippen molar-refractivity contribution in [3.63, 3.8) is 0 Å². The average molecular weight is 292 g/mol. The Morgan fingerprint density at radius 1 is 0.950 bits per heavy atom. The third-order valence-electron chi connectivity index (χ3n) is 3.45. The molecule has 0 unspecified atom stereocenters. The second-order valence-corrected chi connectivity index (χ2v) is 5.52. The maximum absolute atomic E-state index is 10.8. The summed E-state index contributed by atoms with van der Waals surface area (Å²) in [7, 11) is -2.88. The standard InChI is InChI=1S/C16H20O3S/c1-2-3-4-5-8-13-11-12-16(19-20(17)18)15-10-7-6-9-14(13)15/h6-7,9-12,20H,2-5,8H2,1H3. The Hall–Kier alpha value is -1.55. The van der Waals surface area contributed by atoms with Gasteiger partial charge in [0, 0.05) is 5.39 Å². The Bertz CT molecular complexity index is 639. The van der Waals surface area contributed by atoms with E-state index >= 15 is 0 Å². The summed E-state index contributed by atoms with van der Waals surface area (Å²) >= 11 is 0. The van der Waals surface area contributed by atoms with E-state index < -0.39 is 11.0 Å². The van der Waals surface area contributed by atoms with E-state index in [1.807, 2.05) is 30.3 Å². The van der Waals surface area contributed by atoms with Gasteiger partial charge in [0.1, 0.15) is 5.75 Å². The summed E-state index contributed by atoms with van der Waals surface area (Å²) in [4.78, 5) is 0. The SMILES string of the molecule is CCCCCCc1ccc(O[SH](=O)=O)c2ccccc12. The van der Waals surface area contributed by atoms with Crippen molar-refractivity contribution in [1.82, 2.24) is 0 Å². The zero-order valence-electron chi connectivity index (χ0n) is 11.7. The molecule has 3 nitrogen and oxygen atoms in total. The molecule has 20 heavy (non-hydrogen) atoms. The van der Waals surface area contributed by atoms with Crippen LogP contribution in [-0.2, 0) is 17.4 Å². The summed E-state index contributed by atoms with van der Waals surface area (Å²) in [5.41, 5.74) is 1.25. The summed E-state index contributed by atoms with van der Waals surface area (Å²) < 4.78 is 26.4. The molecular weight excluding hydrogens is 272 g/mol. The van der Waals surface area contributed by atoms with Gasteiger partial charge in [0.2, 0.25) is 0 Å². The lowest BCUT2D eigenvalue weighted by Crippen LogP contribution is -1.94. The molecule has 0 radical (unpaired) electrons. The minimum Gasteiger partial charge on any atom is -0.384 e. The molecule has 0 spiro atoms. The van der Waals surface area contributed by atoms with E-state index in [9.17, 15) is 8.42 Å². The van der Waals surface area contributed by atoms with Gasteiger partial charge in [-0.25, -0.2) is 0 Å².